The molecule has 0 aliphatic heterocycles. The van der Waals surface area contributed by atoms with Crippen molar-refractivity contribution >= 4 is 35.2 Å². The lowest BCUT2D eigenvalue weighted by Gasteiger charge is -2.55. The first-order chi connectivity index (χ1) is 17.9. The second-order valence-corrected chi connectivity index (χ2v) is 11.6. The molecule has 198 valence electrons. The molecular formula is C27H35N5O4S. The molecule has 4 saturated carbocycles. The van der Waals surface area contributed by atoms with E-state index in [4.69, 9.17) is 4.74 Å². The molecule has 0 radical (unpaired) electrons. The van der Waals surface area contributed by atoms with Crippen LogP contribution in [0.15, 0.2) is 29.4 Å². The molecule has 9 nitrogen and oxygen atoms in total. The molecule has 4 aliphatic carbocycles. The third-order valence-electron chi connectivity index (χ3n) is 8.05. The van der Waals surface area contributed by atoms with Crippen LogP contribution in [0.4, 0.5) is 5.69 Å². The highest BCUT2D eigenvalue weighted by Gasteiger charge is 2.54. The van der Waals surface area contributed by atoms with Gasteiger partial charge < -0.3 is 19.9 Å². The number of esters is 1. The highest BCUT2D eigenvalue weighted by Crippen LogP contribution is 2.60. The van der Waals surface area contributed by atoms with Gasteiger partial charge in [-0.1, -0.05) is 11.8 Å². The summed E-state index contributed by atoms with van der Waals surface area (Å²) in [6, 6.07) is 6.60. The summed E-state index contributed by atoms with van der Waals surface area (Å²) in [5, 5.41) is 15.2. The zero-order chi connectivity index (χ0) is 26.0. The minimum atomic E-state index is -0.389. The van der Waals surface area contributed by atoms with E-state index in [0.29, 0.717) is 41.9 Å². The van der Waals surface area contributed by atoms with Gasteiger partial charge in [-0.05, 0) is 94.4 Å². The van der Waals surface area contributed by atoms with E-state index in [-0.39, 0.29) is 29.0 Å². The van der Waals surface area contributed by atoms with Crippen molar-refractivity contribution in [1.82, 2.24) is 20.1 Å². The minimum Gasteiger partial charge on any atom is -0.462 e. The van der Waals surface area contributed by atoms with E-state index in [0.717, 1.165) is 37.0 Å². The molecule has 2 amide bonds. The van der Waals surface area contributed by atoms with E-state index in [2.05, 4.69) is 20.8 Å². The summed E-state index contributed by atoms with van der Waals surface area (Å²) >= 11 is 1.31. The maximum absolute atomic E-state index is 13.3. The molecule has 4 aliphatic rings. The van der Waals surface area contributed by atoms with Crippen molar-refractivity contribution in [2.75, 3.05) is 17.7 Å². The number of anilines is 1. The Labute approximate surface area is 221 Å². The first kappa shape index (κ1) is 25.8. The molecule has 4 fully saturated rings. The first-order valence-corrected chi connectivity index (χ1v) is 14.3. The molecule has 0 saturated heterocycles. The van der Waals surface area contributed by atoms with Crippen LogP contribution in [-0.4, -0.2) is 44.9 Å². The number of aromatic nitrogens is 3. The van der Waals surface area contributed by atoms with E-state index in [9.17, 15) is 14.4 Å². The Morgan fingerprint density at radius 2 is 1.68 bits per heavy atom. The topological polar surface area (TPSA) is 115 Å². The molecule has 1 aromatic heterocycles. The SMILES string of the molecule is CCOC(=O)c1ccc(NC(=O)CSc2nnc(CNC(=O)C34CC5CC(CC(C5)C3)C4)n2CC)cc1. The predicted molar refractivity (Wildman–Crippen MR) is 140 cm³/mol. The number of ether oxygens (including phenoxy) is 1. The molecule has 4 bridgehead atoms. The van der Waals surface area contributed by atoms with Crippen molar-refractivity contribution in [3.63, 3.8) is 0 Å². The number of thioether (sulfide) groups is 1. The van der Waals surface area contributed by atoms with Gasteiger partial charge in [0.05, 0.1) is 24.5 Å². The molecule has 2 aromatic rings. The predicted octanol–water partition coefficient (Wildman–Crippen LogP) is 4.04. The number of nitrogens with one attached hydrogen (secondary N) is 2. The van der Waals surface area contributed by atoms with E-state index in [1.807, 2.05) is 11.5 Å². The fourth-order valence-corrected chi connectivity index (χ4v) is 7.66. The molecule has 1 heterocycles. The Bertz CT molecular complexity index is 1130. The quantitative estimate of drug-likeness (QED) is 0.355. The van der Waals surface area contributed by atoms with Crippen molar-refractivity contribution in [3.8, 4) is 0 Å². The summed E-state index contributed by atoms with van der Waals surface area (Å²) in [6.07, 6.45) is 7.03. The number of carbonyl (C=O) groups excluding carboxylic acids is 3. The molecule has 10 heteroatoms. The Kier molecular flexibility index (Phi) is 7.55. The Morgan fingerprint density at radius 3 is 2.27 bits per heavy atom. The summed E-state index contributed by atoms with van der Waals surface area (Å²) in [7, 11) is 0. The number of nitrogens with zero attached hydrogens (tertiary/aromatic N) is 3. The van der Waals surface area contributed by atoms with Gasteiger partial charge in [0.1, 0.15) is 0 Å². The zero-order valence-electron chi connectivity index (χ0n) is 21.5. The van der Waals surface area contributed by atoms with Gasteiger partial charge in [-0.25, -0.2) is 4.79 Å². The number of hydrogen-bond donors (Lipinski definition) is 2. The zero-order valence-corrected chi connectivity index (χ0v) is 22.3. The van der Waals surface area contributed by atoms with Crippen molar-refractivity contribution in [1.29, 1.82) is 0 Å². The summed E-state index contributed by atoms with van der Waals surface area (Å²) in [6.45, 7) is 5.07. The summed E-state index contributed by atoms with van der Waals surface area (Å²) < 4.78 is 6.93. The molecule has 6 rings (SSSR count). The van der Waals surface area contributed by atoms with Crippen LogP contribution in [0.3, 0.4) is 0 Å². The maximum Gasteiger partial charge on any atom is 0.338 e. The van der Waals surface area contributed by atoms with Crippen LogP contribution in [-0.2, 0) is 27.4 Å². The standard InChI is InChI=1S/C27H35N5O4S/c1-3-32-22(15-28-25(35)27-12-17-9-18(13-27)11-19(10-17)14-27)30-31-26(32)37-16-23(33)29-21-7-5-20(6-8-21)24(34)36-4-2/h5-8,17-19H,3-4,9-16H2,1-2H3,(H,28,35)(H,29,33). The molecule has 1 aromatic carbocycles. The van der Waals surface area contributed by atoms with Gasteiger partial charge in [-0.3, -0.25) is 9.59 Å². The monoisotopic (exact) mass is 525 g/mol. The van der Waals surface area contributed by atoms with Crippen LogP contribution >= 0.6 is 11.8 Å². The third-order valence-corrected chi connectivity index (χ3v) is 9.02. The summed E-state index contributed by atoms with van der Waals surface area (Å²) in [5.41, 5.74) is 0.854. The maximum atomic E-state index is 13.3. The van der Waals surface area contributed by atoms with Gasteiger partial charge >= 0.3 is 5.97 Å². The van der Waals surface area contributed by atoms with E-state index in [1.165, 1.54) is 31.0 Å². The number of hydrogen-bond acceptors (Lipinski definition) is 7. The van der Waals surface area contributed by atoms with Gasteiger partial charge in [0, 0.05) is 17.6 Å². The molecule has 0 atom stereocenters. The molecule has 0 spiro atoms. The largest absolute Gasteiger partial charge is 0.462 e. The second kappa shape index (κ2) is 10.8. The fourth-order valence-electron chi connectivity index (χ4n) is 6.84. The normalized spacial score (nSPS) is 25.6. The number of carbonyl (C=O) groups is 3. The lowest BCUT2D eigenvalue weighted by molar-refractivity contribution is -0.146. The number of amides is 2. The lowest BCUT2D eigenvalue weighted by atomic mass is 9.49. The molecule has 0 unspecified atom stereocenters. The summed E-state index contributed by atoms with van der Waals surface area (Å²) in [4.78, 5) is 37.6. The van der Waals surface area contributed by atoms with Crippen molar-refractivity contribution in [2.45, 2.75) is 70.6 Å². The van der Waals surface area contributed by atoms with Crippen LogP contribution in [0.25, 0.3) is 0 Å². The average Bonchev–Trinajstić information content (AvgIpc) is 3.27. The van der Waals surface area contributed by atoms with E-state index < -0.39 is 0 Å². The van der Waals surface area contributed by atoms with Gasteiger partial charge in [0.15, 0.2) is 11.0 Å². The minimum absolute atomic E-state index is 0.164. The van der Waals surface area contributed by atoms with Crippen molar-refractivity contribution in [2.24, 2.45) is 23.2 Å². The van der Waals surface area contributed by atoms with Crippen molar-refractivity contribution in [3.05, 3.63) is 35.7 Å². The highest BCUT2D eigenvalue weighted by atomic mass is 32.2. The van der Waals surface area contributed by atoms with Crippen LogP contribution < -0.4 is 10.6 Å². The van der Waals surface area contributed by atoms with Gasteiger partial charge in [0.2, 0.25) is 11.8 Å². The van der Waals surface area contributed by atoms with Crippen LogP contribution in [0.2, 0.25) is 0 Å². The van der Waals surface area contributed by atoms with Crippen LogP contribution in [0, 0.1) is 23.2 Å². The van der Waals surface area contributed by atoms with Crippen molar-refractivity contribution < 1.29 is 19.1 Å². The third kappa shape index (κ3) is 5.54. The van der Waals surface area contributed by atoms with Gasteiger partial charge in [0.25, 0.3) is 0 Å². The van der Waals surface area contributed by atoms with E-state index in [1.54, 1.807) is 31.2 Å². The Morgan fingerprint density at radius 1 is 1.03 bits per heavy atom. The average molecular weight is 526 g/mol. The fraction of sp³-hybridized carbons (Fsp3) is 0.593. The molecular weight excluding hydrogens is 490 g/mol. The smallest absolute Gasteiger partial charge is 0.338 e. The number of benzene rings is 1. The number of rotatable bonds is 10. The molecule has 37 heavy (non-hydrogen) atoms. The van der Waals surface area contributed by atoms with Gasteiger partial charge in [-0.2, -0.15) is 0 Å². The first-order valence-electron chi connectivity index (χ1n) is 13.3. The second-order valence-electron chi connectivity index (χ2n) is 10.7. The highest BCUT2D eigenvalue weighted by molar-refractivity contribution is 7.99. The van der Waals surface area contributed by atoms with Crippen LogP contribution in [0.5, 0.6) is 0 Å². The lowest BCUT2D eigenvalue weighted by Crippen LogP contribution is -2.53. The van der Waals surface area contributed by atoms with E-state index >= 15 is 0 Å². The van der Waals surface area contributed by atoms with Gasteiger partial charge in [-0.15, -0.1) is 10.2 Å². The Hall–Kier alpha value is -2.88. The van der Waals surface area contributed by atoms with Crippen LogP contribution in [0.1, 0.15) is 68.6 Å². The molecule has 2 N–H and O–H groups in total. The Balaban J connectivity index is 1.13. The summed E-state index contributed by atoms with van der Waals surface area (Å²) in [5.74, 6) is 2.65.